The first-order chi connectivity index (χ1) is 14.4. The molecule has 2 aromatic heterocycles. The van der Waals surface area contributed by atoms with Crippen molar-refractivity contribution in [1.82, 2.24) is 24.5 Å². The maximum atomic E-state index is 13.3. The minimum Gasteiger partial charge on any atom is -0.454 e. The maximum absolute atomic E-state index is 13.3. The van der Waals surface area contributed by atoms with Gasteiger partial charge >= 0.3 is 6.18 Å². The Hall–Kier alpha value is -2.92. The molecule has 2 aliphatic heterocycles. The van der Waals surface area contributed by atoms with E-state index in [0.717, 1.165) is 11.6 Å². The number of rotatable bonds is 3. The van der Waals surface area contributed by atoms with Crippen molar-refractivity contribution in [1.29, 1.82) is 0 Å². The Balaban J connectivity index is 1.44. The summed E-state index contributed by atoms with van der Waals surface area (Å²) in [7, 11) is 0. The average Bonchev–Trinajstić information content (AvgIpc) is 3.40. The van der Waals surface area contributed by atoms with E-state index < -0.39 is 18.0 Å². The van der Waals surface area contributed by atoms with Crippen LogP contribution in [0.2, 0.25) is 0 Å². The van der Waals surface area contributed by atoms with Crippen LogP contribution in [0.3, 0.4) is 0 Å². The lowest BCUT2D eigenvalue weighted by Gasteiger charge is -2.37. The zero-order valence-corrected chi connectivity index (χ0v) is 16.0. The quantitative estimate of drug-likeness (QED) is 0.644. The second kappa shape index (κ2) is 7.10. The van der Waals surface area contributed by atoms with Gasteiger partial charge in [-0.1, -0.05) is 6.07 Å². The van der Waals surface area contributed by atoms with Crippen molar-refractivity contribution in [2.75, 3.05) is 26.5 Å². The topological polar surface area (TPSA) is 74.0 Å². The van der Waals surface area contributed by atoms with Gasteiger partial charge in [-0.3, -0.25) is 4.90 Å². The summed E-state index contributed by atoms with van der Waals surface area (Å²) in [5.74, 6) is 1.29. The van der Waals surface area contributed by atoms with E-state index in [4.69, 9.17) is 14.2 Å². The molecule has 0 N–H and O–H groups in total. The van der Waals surface area contributed by atoms with Crippen LogP contribution in [0.15, 0.2) is 30.6 Å². The molecule has 158 valence electrons. The predicted octanol–water partition coefficient (Wildman–Crippen LogP) is 3.01. The molecule has 30 heavy (non-hydrogen) atoms. The lowest BCUT2D eigenvalue weighted by Crippen LogP contribution is -2.40. The Bertz CT molecular complexity index is 1090. The number of hydrogen-bond acceptors (Lipinski definition) is 7. The highest BCUT2D eigenvalue weighted by Gasteiger charge is 2.36. The molecular formula is C19H18F3N5O3. The summed E-state index contributed by atoms with van der Waals surface area (Å²) in [5.41, 5.74) is 0.284. The molecule has 0 radical (unpaired) electrons. The second-order valence-electron chi connectivity index (χ2n) is 7.18. The fourth-order valence-electron chi connectivity index (χ4n) is 3.79. The first-order valence-corrected chi connectivity index (χ1v) is 9.43. The molecule has 8 nitrogen and oxygen atoms in total. The summed E-state index contributed by atoms with van der Waals surface area (Å²) in [6, 6.07) is 6.75. The molecule has 5 rings (SSSR count). The van der Waals surface area contributed by atoms with Crippen molar-refractivity contribution in [2.24, 2.45) is 0 Å². The molecule has 2 aliphatic rings. The molecule has 1 aromatic carbocycles. The predicted molar refractivity (Wildman–Crippen MR) is 97.0 cm³/mol. The Labute approximate surface area is 169 Å². The molecular weight excluding hydrogens is 403 g/mol. The first kappa shape index (κ1) is 19.1. The fourth-order valence-corrected chi connectivity index (χ4v) is 3.79. The van der Waals surface area contributed by atoms with E-state index in [2.05, 4.69) is 20.0 Å². The van der Waals surface area contributed by atoms with E-state index in [0.29, 0.717) is 31.2 Å². The third-order valence-corrected chi connectivity index (χ3v) is 5.42. The first-order valence-electron chi connectivity index (χ1n) is 9.43. The minimum atomic E-state index is -4.59. The van der Waals surface area contributed by atoms with Crippen LogP contribution in [-0.2, 0) is 10.9 Å². The van der Waals surface area contributed by atoms with Crippen LogP contribution in [0.4, 0.5) is 13.2 Å². The number of morpholine rings is 1. The molecule has 0 aliphatic carbocycles. The van der Waals surface area contributed by atoms with Crippen molar-refractivity contribution in [3.05, 3.63) is 47.5 Å². The molecule has 1 fully saturated rings. The average molecular weight is 421 g/mol. The lowest BCUT2D eigenvalue weighted by atomic mass is 10.0. The van der Waals surface area contributed by atoms with Crippen molar-refractivity contribution in [2.45, 2.75) is 25.2 Å². The molecule has 11 heteroatoms. The minimum absolute atomic E-state index is 0.000982. The Morgan fingerprint density at radius 3 is 2.83 bits per heavy atom. The Morgan fingerprint density at radius 1 is 1.17 bits per heavy atom. The summed E-state index contributed by atoms with van der Waals surface area (Å²) in [5, 5.41) is 4.03. The van der Waals surface area contributed by atoms with Gasteiger partial charge in [0.1, 0.15) is 18.1 Å². The lowest BCUT2D eigenvalue weighted by molar-refractivity contribution is -0.141. The van der Waals surface area contributed by atoms with Gasteiger partial charge in [0.2, 0.25) is 6.79 Å². The van der Waals surface area contributed by atoms with E-state index >= 15 is 0 Å². The number of ether oxygens (including phenoxy) is 3. The van der Waals surface area contributed by atoms with Gasteiger partial charge in [-0.15, -0.1) is 0 Å². The van der Waals surface area contributed by atoms with E-state index in [1.165, 1.54) is 10.8 Å². The number of halogens is 3. The zero-order valence-electron chi connectivity index (χ0n) is 16.0. The summed E-state index contributed by atoms with van der Waals surface area (Å²) in [6.45, 7) is 3.65. The van der Waals surface area contributed by atoms with Gasteiger partial charge in [0.05, 0.1) is 12.3 Å². The Kier molecular flexibility index (Phi) is 4.51. The smallest absolute Gasteiger partial charge is 0.433 e. The monoisotopic (exact) mass is 421 g/mol. The summed E-state index contributed by atoms with van der Waals surface area (Å²) in [6.07, 6.45) is -4.01. The van der Waals surface area contributed by atoms with E-state index in [-0.39, 0.29) is 24.3 Å². The van der Waals surface area contributed by atoms with Crippen LogP contribution in [-0.4, -0.2) is 51.0 Å². The van der Waals surface area contributed by atoms with Crippen molar-refractivity contribution < 1.29 is 27.4 Å². The van der Waals surface area contributed by atoms with Crippen LogP contribution in [0, 0.1) is 0 Å². The highest BCUT2D eigenvalue weighted by Crippen LogP contribution is 2.37. The highest BCUT2D eigenvalue weighted by atomic mass is 19.4. The Morgan fingerprint density at radius 2 is 2.00 bits per heavy atom. The van der Waals surface area contributed by atoms with Crippen LogP contribution in [0.25, 0.3) is 5.78 Å². The van der Waals surface area contributed by atoms with Crippen LogP contribution < -0.4 is 9.47 Å². The largest absolute Gasteiger partial charge is 0.454 e. The molecule has 2 atom stereocenters. The molecule has 1 saturated heterocycles. The fraction of sp³-hybridized carbons (Fsp3) is 0.421. The SMILES string of the molecule is CC(c1ccc2c(c1)OCO2)N1CCOC(c2cc(C(F)(F)F)nc3ncnn23)C1. The van der Waals surface area contributed by atoms with E-state index in [1.54, 1.807) is 0 Å². The normalized spacial score (nSPS) is 20.6. The number of benzene rings is 1. The molecule has 0 saturated carbocycles. The van der Waals surface area contributed by atoms with Gasteiger partial charge in [0.25, 0.3) is 5.78 Å². The van der Waals surface area contributed by atoms with E-state index in [1.807, 2.05) is 25.1 Å². The molecule has 4 heterocycles. The number of aromatic nitrogens is 4. The van der Waals surface area contributed by atoms with Gasteiger partial charge in [0, 0.05) is 19.1 Å². The van der Waals surface area contributed by atoms with Gasteiger partial charge in [0.15, 0.2) is 11.5 Å². The molecule has 0 amide bonds. The van der Waals surface area contributed by atoms with Crippen molar-refractivity contribution in [3.8, 4) is 11.5 Å². The number of nitrogens with zero attached hydrogens (tertiary/aromatic N) is 5. The number of hydrogen-bond donors (Lipinski definition) is 0. The highest BCUT2D eigenvalue weighted by molar-refractivity contribution is 5.45. The summed E-state index contributed by atoms with van der Waals surface area (Å²) < 4.78 is 57.9. The standard InChI is InChI=1S/C19H18F3N5O3/c1-11(12-2-3-14-15(6-12)30-10-29-14)26-4-5-28-16(8-26)13-7-17(19(20,21)22)25-18-23-9-24-27(13)18/h2-3,6-7,9,11,16H,4-5,8,10H2,1H3. The molecule has 0 bridgehead atoms. The molecule has 2 unspecified atom stereocenters. The maximum Gasteiger partial charge on any atom is 0.433 e. The van der Waals surface area contributed by atoms with Crippen LogP contribution >= 0.6 is 0 Å². The van der Waals surface area contributed by atoms with Gasteiger partial charge < -0.3 is 14.2 Å². The van der Waals surface area contributed by atoms with Crippen molar-refractivity contribution in [3.63, 3.8) is 0 Å². The molecule has 0 spiro atoms. The molecule has 3 aromatic rings. The van der Waals surface area contributed by atoms with Crippen LogP contribution in [0.1, 0.15) is 36.0 Å². The zero-order chi connectivity index (χ0) is 20.9. The second-order valence-corrected chi connectivity index (χ2v) is 7.18. The van der Waals surface area contributed by atoms with E-state index in [9.17, 15) is 13.2 Å². The summed E-state index contributed by atoms with van der Waals surface area (Å²) in [4.78, 5) is 9.55. The number of fused-ring (bicyclic) bond motifs is 2. The summed E-state index contributed by atoms with van der Waals surface area (Å²) >= 11 is 0. The van der Waals surface area contributed by atoms with Gasteiger partial charge in [-0.2, -0.15) is 27.8 Å². The van der Waals surface area contributed by atoms with Crippen molar-refractivity contribution >= 4 is 5.78 Å². The van der Waals surface area contributed by atoms with Gasteiger partial charge in [-0.05, 0) is 30.7 Å². The third-order valence-electron chi connectivity index (χ3n) is 5.42. The van der Waals surface area contributed by atoms with Crippen LogP contribution in [0.5, 0.6) is 11.5 Å². The third kappa shape index (κ3) is 3.33. The number of alkyl halides is 3. The van der Waals surface area contributed by atoms with Gasteiger partial charge in [-0.25, -0.2) is 4.98 Å².